The lowest BCUT2D eigenvalue weighted by atomic mass is 9.96. The summed E-state index contributed by atoms with van der Waals surface area (Å²) in [7, 11) is 2.94. The van der Waals surface area contributed by atoms with E-state index in [0.717, 1.165) is 5.56 Å². The third-order valence-corrected chi connectivity index (χ3v) is 5.84. The first-order chi connectivity index (χ1) is 19.1. The molecule has 0 unspecified atom stereocenters. The molecule has 4 aromatic rings. The van der Waals surface area contributed by atoms with Gasteiger partial charge in [0.2, 0.25) is 5.78 Å². The molecule has 0 saturated heterocycles. The molecule has 0 heterocycles. The Labute approximate surface area is 236 Å². The maximum absolute atomic E-state index is 12.7. The van der Waals surface area contributed by atoms with Crippen LogP contribution in [0.5, 0.6) is 0 Å². The Morgan fingerprint density at radius 2 is 0.875 bits per heavy atom. The van der Waals surface area contributed by atoms with Gasteiger partial charge in [0.1, 0.15) is 5.60 Å². The van der Waals surface area contributed by atoms with Crippen LogP contribution in [0.3, 0.4) is 0 Å². The third kappa shape index (κ3) is 8.92. The highest BCUT2D eigenvalue weighted by Crippen LogP contribution is 2.30. The number of ketones is 3. The molecule has 0 aliphatic rings. The van der Waals surface area contributed by atoms with Gasteiger partial charge in [-0.15, -0.1) is 0 Å². The van der Waals surface area contributed by atoms with Crippen LogP contribution in [0.2, 0.25) is 0 Å². The first-order valence-electron chi connectivity index (χ1n) is 12.7. The average molecular weight is 541 g/mol. The first kappa shape index (κ1) is 32.0. The fraction of sp³-hybridized carbons (Fsp3) is 0.206. The maximum Gasteiger partial charge on any atom is 0.260 e. The van der Waals surface area contributed by atoms with Gasteiger partial charge in [0.25, 0.3) is 5.79 Å². The van der Waals surface area contributed by atoms with E-state index >= 15 is 0 Å². The van der Waals surface area contributed by atoms with Crippen molar-refractivity contribution in [2.45, 2.75) is 32.2 Å². The summed E-state index contributed by atoms with van der Waals surface area (Å²) in [6, 6.07) is 36.2. The van der Waals surface area contributed by atoms with Gasteiger partial charge in [-0.05, 0) is 20.8 Å². The maximum atomic E-state index is 12.7. The molecule has 0 aliphatic heterocycles. The molecule has 0 atom stereocenters. The summed E-state index contributed by atoms with van der Waals surface area (Å²) < 4.78 is 10.8. The molecule has 4 rings (SSSR count). The molecule has 0 radical (unpaired) electrons. The van der Waals surface area contributed by atoms with Gasteiger partial charge >= 0.3 is 0 Å². The van der Waals surface area contributed by atoms with E-state index in [-0.39, 0.29) is 17.3 Å². The lowest BCUT2D eigenvalue weighted by Crippen LogP contribution is -2.39. The van der Waals surface area contributed by atoms with Crippen molar-refractivity contribution in [2.24, 2.45) is 0 Å². The smallest absolute Gasteiger partial charge is 0.260 e. The predicted octanol–water partition coefficient (Wildman–Crippen LogP) is 6.54. The topological polar surface area (TPSA) is 89.9 Å². The molecule has 0 spiro atoms. The van der Waals surface area contributed by atoms with Gasteiger partial charge in [0.05, 0.1) is 0 Å². The van der Waals surface area contributed by atoms with E-state index in [2.05, 4.69) is 0 Å². The molecule has 1 N–H and O–H groups in total. The number of ether oxygens (including phenoxy) is 2. The standard InChI is InChI=1S/C16H16O3.C10H12O2.C8H8O/c1-18-16(19-2,14-11-7-4-8-12-14)15(17)13-9-5-3-6-10-13;1-10(2,12)9(11)8-6-4-3-5-7-8;1-7(9)8-5-3-2-4-6-8/h3-12H,1-2H3;3-7,12H,1-2H3;2-6H,1H3. The Hall–Kier alpha value is -4.23. The molecular formula is C34H36O6. The second-order valence-electron chi connectivity index (χ2n) is 9.26. The summed E-state index contributed by atoms with van der Waals surface area (Å²) in [4.78, 5) is 34.7. The normalized spacial score (nSPS) is 10.8. The van der Waals surface area contributed by atoms with Crippen LogP contribution in [0, 0.1) is 0 Å². The second-order valence-corrected chi connectivity index (χ2v) is 9.26. The predicted molar refractivity (Wildman–Crippen MR) is 156 cm³/mol. The molecule has 6 nitrogen and oxygen atoms in total. The fourth-order valence-electron chi connectivity index (χ4n) is 3.69. The van der Waals surface area contributed by atoms with Crippen LogP contribution in [0.1, 0.15) is 57.4 Å². The van der Waals surface area contributed by atoms with Gasteiger partial charge in [-0.1, -0.05) is 121 Å². The van der Waals surface area contributed by atoms with Crippen molar-refractivity contribution in [3.8, 4) is 0 Å². The fourth-order valence-corrected chi connectivity index (χ4v) is 3.69. The first-order valence-corrected chi connectivity index (χ1v) is 12.7. The molecule has 0 fully saturated rings. The summed E-state index contributed by atoms with van der Waals surface area (Å²) in [6.45, 7) is 4.54. The lowest BCUT2D eigenvalue weighted by Gasteiger charge is -2.29. The van der Waals surface area contributed by atoms with E-state index in [4.69, 9.17) is 9.47 Å². The number of rotatable bonds is 8. The van der Waals surface area contributed by atoms with Crippen molar-refractivity contribution >= 4 is 17.3 Å². The van der Waals surface area contributed by atoms with E-state index in [0.29, 0.717) is 16.7 Å². The second kappa shape index (κ2) is 15.4. The third-order valence-electron chi connectivity index (χ3n) is 5.84. The van der Waals surface area contributed by atoms with Crippen LogP contribution in [-0.4, -0.2) is 42.3 Å². The molecule has 40 heavy (non-hydrogen) atoms. The van der Waals surface area contributed by atoms with Crippen molar-refractivity contribution < 1.29 is 29.0 Å². The zero-order valence-corrected chi connectivity index (χ0v) is 23.5. The average Bonchev–Trinajstić information content (AvgIpc) is 2.99. The highest BCUT2D eigenvalue weighted by Gasteiger charge is 2.41. The van der Waals surface area contributed by atoms with Gasteiger partial charge in [0.15, 0.2) is 11.6 Å². The van der Waals surface area contributed by atoms with Crippen LogP contribution in [0.4, 0.5) is 0 Å². The molecule has 0 amide bonds. The van der Waals surface area contributed by atoms with E-state index in [9.17, 15) is 19.5 Å². The Morgan fingerprint density at radius 3 is 1.18 bits per heavy atom. The van der Waals surface area contributed by atoms with E-state index in [1.54, 1.807) is 43.3 Å². The molecule has 208 valence electrons. The summed E-state index contributed by atoms with van der Waals surface area (Å²) in [5.74, 6) is -1.74. The molecule has 4 aromatic carbocycles. The van der Waals surface area contributed by atoms with Crippen LogP contribution in [0.25, 0.3) is 0 Å². The minimum atomic E-state index is -1.40. The largest absolute Gasteiger partial charge is 0.382 e. The molecule has 0 aliphatic carbocycles. The number of carbonyl (C=O) groups excluding carboxylic acids is 3. The monoisotopic (exact) mass is 540 g/mol. The minimum absolute atomic E-state index is 0.121. The number of hydrogen-bond donors (Lipinski definition) is 1. The molecule has 0 aromatic heterocycles. The highest BCUT2D eigenvalue weighted by atomic mass is 16.7. The zero-order valence-electron chi connectivity index (χ0n) is 23.5. The molecular weight excluding hydrogens is 504 g/mol. The number of hydrogen-bond acceptors (Lipinski definition) is 6. The van der Waals surface area contributed by atoms with Crippen molar-refractivity contribution in [2.75, 3.05) is 14.2 Å². The van der Waals surface area contributed by atoms with Gasteiger partial charge in [-0.2, -0.15) is 0 Å². The van der Waals surface area contributed by atoms with Crippen molar-refractivity contribution in [3.63, 3.8) is 0 Å². The van der Waals surface area contributed by atoms with E-state index in [1.165, 1.54) is 28.1 Å². The summed E-state index contributed by atoms with van der Waals surface area (Å²) in [6.07, 6.45) is 0. The summed E-state index contributed by atoms with van der Waals surface area (Å²) in [5, 5.41) is 9.39. The number of carbonyl (C=O) groups is 3. The van der Waals surface area contributed by atoms with Gasteiger partial charge in [0, 0.05) is 36.5 Å². The zero-order chi connectivity index (χ0) is 29.6. The van der Waals surface area contributed by atoms with E-state index in [1.807, 2.05) is 84.9 Å². The van der Waals surface area contributed by atoms with Crippen molar-refractivity contribution in [3.05, 3.63) is 144 Å². The number of methoxy groups -OCH3 is 2. The van der Waals surface area contributed by atoms with Gasteiger partial charge in [-0.3, -0.25) is 14.4 Å². The Kier molecular flexibility index (Phi) is 12.3. The number of benzene rings is 4. The Balaban J connectivity index is 0.000000228. The van der Waals surface area contributed by atoms with Crippen LogP contribution in [-0.2, 0) is 15.3 Å². The van der Waals surface area contributed by atoms with Crippen LogP contribution >= 0.6 is 0 Å². The summed E-state index contributed by atoms with van der Waals surface area (Å²) >= 11 is 0. The molecule has 6 heteroatoms. The summed E-state index contributed by atoms with van der Waals surface area (Å²) in [5.41, 5.74) is 1.27. The minimum Gasteiger partial charge on any atom is -0.382 e. The van der Waals surface area contributed by atoms with Crippen molar-refractivity contribution in [1.82, 2.24) is 0 Å². The molecule has 0 bridgehead atoms. The number of Topliss-reactive ketones (excluding diaryl/α,β-unsaturated/α-hetero) is 3. The Bertz CT molecular complexity index is 1330. The van der Waals surface area contributed by atoms with Gasteiger partial charge < -0.3 is 14.6 Å². The van der Waals surface area contributed by atoms with Crippen LogP contribution in [0.15, 0.2) is 121 Å². The quantitative estimate of drug-likeness (QED) is 0.202. The van der Waals surface area contributed by atoms with Crippen LogP contribution < -0.4 is 0 Å². The van der Waals surface area contributed by atoms with Crippen molar-refractivity contribution in [1.29, 1.82) is 0 Å². The SMILES string of the molecule is CC(=O)c1ccccc1.CC(C)(O)C(=O)c1ccccc1.COC(OC)(C(=O)c1ccccc1)c1ccccc1. The highest BCUT2D eigenvalue weighted by molar-refractivity contribution is 6.02. The van der Waals surface area contributed by atoms with E-state index < -0.39 is 11.4 Å². The van der Waals surface area contributed by atoms with Gasteiger partial charge in [-0.25, -0.2) is 0 Å². The molecule has 0 saturated carbocycles. The lowest BCUT2D eigenvalue weighted by molar-refractivity contribution is -0.176. The number of aliphatic hydroxyl groups is 1. The Morgan fingerprint density at radius 1 is 0.550 bits per heavy atom.